The molecule has 0 spiro atoms. The van der Waals surface area contributed by atoms with Gasteiger partial charge < -0.3 is 9.80 Å². The first-order valence-electron chi connectivity index (χ1n) is 8.50. The molecule has 1 saturated heterocycles. The van der Waals surface area contributed by atoms with Crippen molar-refractivity contribution in [2.45, 2.75) is 11.3 Å². The summed E-state index contributed by atoms with van der Waals surface area (Å²) in [7, 11) is -3.76. The summed E-state index contributed by atoms with van der Waals surface area (Å²) >= 11 is 0. The lowest BCUT2D eigenvalue weighted by Gasteiger charge is -2.35. The third kappa shape index (κ3) is 4.98. The fourth-order valence-corrected chi connectivity index (χ4v) is 3.82. The van der Waals surface area contributed by atoms with Gasteiger partial charge in [0.1, 0.15) is 11.6 Å². The van der Waals surface area contributed by atoms with Crippen molar-refractivity contribution in [3.05, 3.63) is 48.7 Å². The predicted octanol–water partition coefficient (Wildman–Crippen LogP) is 0.633. The first-order chi connectivity index (χ1) is 13.0. The predicted molar refractivity (Wildman–Crippen MR) is 97.0 cm³/mol. The second-order valence-electron chi connectivity index (χ2n) is 6.03. The van der Waals surface area contributed by atoms with Crippen molar-refractivity contribution in [2.75, 3.05) is 37.6 Å². The molecule has 27 heavy (non-hydrogen) atoms. The minimum absolute atomic E-state index is 0.0110. The number of anilines is 1. The van der Waals surface area contributed by atoms with E-state index >= 15 is 0 Å². The average Bonchev–Trinajstić information content (AvgIpc) is 2.69. The Morgan fingerprint density at radius 3 is 2.44 bits per heavy atom. The molecule has 1 aromatic heterocycles. The van der Waals surface area contributed by atoms with Crippen LogP contribution in [0.4, 0.5) is 10.2 Å². The largest absolute Gasteiger partial charge is 0.352 e. The summed E-state index contributed by atoms with van der Waals surface area (Å²) in [5.41, 5.74) is 0. The second-order valence-corrected chi connectivity index (χ2v) is 7.80. The molecule has 10 heteroatoms. The number of sulfonamides is 1. The van der Waals surface area contributed by atoms with Crippen molar-refractivity contribution >= 4 is 21.7 Å². The molecule has 2 heterocycles. The molecule has 2 aromatic rings. The Morgan fingerprint density at radius 2 is 1.81 bits per heavy atom. The van der Waals surface area contributed by atoms with E-state index in [1.54, 1.807) is 23.5 Å². The summed E-state index contributed by atoms with van der Waals surface area (Å²) < 4.78 is 39.5. The van der Waals surface area contributed by atoms with Crippen LogP contribution in [0.25, 0.3) is 0 Å². The molecular weight excluding hydrogens is 373 g/mol. The van der Waals surface area contributed by atoms with Crippen molar-refractivity contribution < 1.29 is 17.6 Å². The van der Waals surface area contributed by atoms with Crippen molar-refractivity contribution in [1.82, 2.24) is 19.6 Å². The topological polar surface area (TPSA) is 95.5 Å². The van der Waals surface area contributed by atoms with Crippen molar-refractivity contribution in [3.8, 4) is 0 Å². The highest BCUT2D eigenvalue weighted by Crippen LogP contribution is 2.12. The lowest BCUT2D eigenvalue weighted by atomic mass is 10.3. The zero-order chi connectivity index (χ0) is 19.3. The van der Waals surface area contributed by atoms with Gasteiger partial charge in [0.05, 0.1) is 11.1 Å². The maximum Gasteiger partial charge on any atom is 0.240 e. The lowest BCUT2D eigenvalue weighted by Crippen LogP contribution is -2.49. The van der Waals surface area contributed by atoms with Gasteiger partial charge in [0.15, 0.2) is 0 Å². The molecule has 0 saturated carbocycles. The van der Waals surface area contributed by atoms with Gasteiger partial charge in [-0.05, 0) is 24.3 Å². The number of halogens is 1. The van der Waals surface area contributed by atoms with Crippen LogP contribution in [0.3, 0.4) is 0 Å². The van der Waals surface area contributed by atoms with Gasteiger partial charge in [-0.3, -0.25) is 9.78 Å². The van der Waals surface area contributed by atoms with Crippen molar-refractivity contribution in [1.29, 1.82) is 0 Å². The molecule has 1 aliphatic heterocycles. The number of hydrogen-bond donors (Lipinski definition) is 1. The minimum atomic E-state index is -3.76. The van der Waals surface area contributed by atoms with Crippen LogP contribution >= 0.6 is 0 Å². The molecule has 1 N–H and O–H groups in total. The number of benzene rings is 1. The molecule has 1 amide bonds. The molecule has 0 aliphatic carbocycles. The Labute approximate surface area is 157 Å². The molecule has 3 rings (SSSR count). The highest BCUT2D eigenvalue weighted by molar-refractivity contribution is 7.89. The average molecular weight is 393 g/mol. The fraction of sp³-hybridized carbons (Fsp3) is 0.353. The smallest absolute Gasteiger partial charge is 0.240 e. The molecule has 8 nitrogen and oxygen atoms in total. The van der Waals surface area contributed by atoms with E-state index in [4.69, 9.17) is 0 Å². The van der Waals surface area contributed by atoms with Crippen LogP contribution in [0, 0.1) is 5.82 Å². The van der Waals surface area contributed by atoms with Crippen molar-refractivity contribution in [3.63, 3.8) is 0 Å². The number of amides is 1. The van der Waals surface area contributed by atoms with Gasteiger partial charge in [-0.15, -0.1) is 0 Å². The van der Waals surface area contributed by atoms with Crippen LogP contribution in [-0.2, 0) is 14.8 Å². The molecule has 144 valence electrons. The van der Waals surface area contributed by atoms with Crippen LogP contribution in [-0.4, -0.2) is 61.9 Å². The number of piperazine rings is 1. The Balaban J connectivity index is 1.45. The van der Waals surface area contributed by atoms with E-state index in [9.17, 15) is 17.6 Å². The third-order valence-electron chi connectivity index (χ3n) is 4.26. The summed E-state index contributed by atoms with van der Waals surface area (Å²) in [5.74, 6) is 0.150. The monoisotopic (exact) mass is 393 g/mol. The van der Waals surface area contributed by atoms with Gasteiger partial charge in [-0.1, -0.05) is 0 Å². The number of nitrogens with zero attached hydrogens (tertiary/aromatic N) is 4. The number of carbonyl (C=O) groups excluding carboxylic acids is 1. The Hall–Kier alpha value is -2.59. The normalized spacial score (nSPS) is 15.0. The molecule has 1 aliphatic rings. The lowest BCUT2D eigenvalue weighted by molar-refractivity contribution is -0.131. The van der Waals surface area contributed by atoms with Gasteiger partial charge in [0, 0.05) is 51.5 Å². The third-order valence-corrected chi connectivity index (χ3v) is 5.74. The van der Waals surface area contributed by atoms with Gasteiger partial charge >= 0.3 is 0 Å². The number of nitrogens with one attached hydrogen (secondary N) is 1. The van der Waals surface area contributed by atoms with Crippen LogP contribution < -0.4 is 9.62 Å². The zero-order valence-electron chi connectivity index (χ0n) is 14.6. The molecule has 1 fully saturated rings. The molecule has 0 radical (unpaired) electrons. The molecule has 1 aromatic carbocycles. The number of hydrogen-bond acceptors (Lipinski definition) is 6. The Bertz CT molecular complexity index is 869. The van der Waals surface area contributed by atoms with E-state index in [0.29, 0.717) is 26.2 Å². The number of aromatic nitrogens is 2. The summed E-state index contributed by atoms with van der Waals surface area (Å²) in [4.78, 5) is 24.3. The highest BCUT2D eigenvalue weighted by Gasteiger charge is 2.22. The minimum Gasteiger partial charge on any atom is -0.352 e. The van der Waals surface area contributed by atoms with Gasteiger partial charge in [-0.25, -0.2) is 22.5 Å². The molecule has 0 unspecified atom stereocenters. The SMILES string of the molecule is O=C(CCNS(=O)(=O)c1ccc(F)cc1)N1CCN(c2cnccn2)CC1. The van der Waals surface area contributed by atoms with E-state index in [0.717, 1.165) is 18.0 Å². The Kier molecular flexibility index (Phi) is 5.97. The number of rotatable bonds is 6. The van der Waals surface area contributed by atoms with E-state index < -0.39 is 15.8 Å². The first-order valence-corrected chi connectivity index (χ1v) is 9.98. The van der Waals surface area contributed by atoms with E-state index in [2.05, 4.69) is 14.7 Å². The summed E-state index contributed by atoms with van der Waals surface area (Å²) in [5, 5.41) is 0. The fourth-order valence-electron chi connectivity index (χ4n) is 2.79. The van der Waals surface area contributed by atoms with Crippen LogP contribution in [0.5, 0.6) is 0 Å². The van der Waals surface area contributed by atoms with E-state index in [-0.39, 0.29) is 23.8 Å². The van der Waals surface area contributed by atoms with Gasteiger partial charge in [0.2, 0.25) is 15.9 Å². The van der Waals surface area contributed by atoms with Crippen LogP contribution in [0.15, 0.2) is 47.8 Å². The second kappa shape index (κ2) is 8.40. The summed E-state index contributed by atoms with van der Waals surface area (Å²) in [6, 6.07) is 4.53. The molecular formula is C17H20FN5O3S. The zero-order valence-corrected chi connectivity index (χ0v) is 15.4. The molecule has 0 atom stereocenters. The van der Waals surface area contributed by atoms with Crippen LogP contribution in [0.1, 0.15) is 6.42 Å². The maximum atomic E-state index is 12.9. The highest BCUT2D eigenvalue weighted by atomic mass is 32.2. The van der Waals surface area contributed by atoms with E-state index in [1.165, 1.54) is 12.1 Å². The van der Waals surface area contributed by atoms with E-state index in [1.807, 2.05) is 4.90 Å². The molecule has 0 bridgehead atoms. The Morgan fingerprint density at radius 1 is 1.11 bits per heavy atom. The van der Waals surface area contributed by atoms with Crippen LogP contribution in [0.2, 0.25) is 0 Å². The first kappa shape index (κ1) is 19.2. The van der Waals surface area contributed by atoms with Gasteiger partial charge in [-0.2, -0.15) is 0 Å². The maximum absolute atomic E-state index is 12.9. The van der Waals surface area contributed by atoms with Gasteiger partial charge in [0.25, 0.3) is 0 Å². The number of carbonyl (C=O) groups is 1. The standard InChI is InChI=1S/C17H20FN5O3S/c18-14-1-3-15(4-2-14)27(25,26)21-6-5-17(24)23-11-9-22(10-12-23)16-13-19-7-8-20-16/h1-4,7-8,13,21H,5-6,9-12H2. The quantitative estimate of drug-likeness (QED) is 0.774. The summed E-state index contributed by atoms with van der Waals surface area (Å²) in [6.07, 6.45) is 4.98. The van der Waals surface area contributed by atoms with Crippen molar-refractivity contribution in [2.24, 2.45) is 0 Å². The summed E-state index contributed by atoms with van der Waals surface area (Å²) in [6.45, 7) is 2.36.